The predicted octanol–water partition coefficient (Wildman–Crippen LogP) is 0.419. The minimum atomic E-state index is -3.55. The second-order valence-corrected chi connectivity index (χ2v) is 6.54. The van der Waals surface area contributed by atoms with E-state index in [2.05, 4.69) is 19.4 Å². The quantitative estimate of drug-likeness (QED) is 0.800. The van der Waals surface area contributed by atoms with Crippen molar-refractivity contribution in [2.75, 3.05) is 6.54 Å². The first-order chi connectivity index (χ1) is 9.04. The molecule has 0 aliphatic carbocycles. The van der Waals surface area contributed by atoms with E-state index in [1.807, 2.05) is 0 Å². The summed E-state index contributed by atoms with van der Waals surface area (Å²) >= 11 is 1.35. The summed E-state index contributed by atoms with van der Waals surface area (Å²) in [5, 5.41) is 5.40. The van der Waals surface area contributed by atoms with Gasteiger partial charge in [-0.05, 0) is 17.9 Å². The third-order valence-electron chi connectivity index (χ3n) is 2.49. The van der Waals surface area contributed by atoms with E-state index >= 15 is 0 Å². The number of hydrogen-bond donors (Lipinski definition) is 2. The fourth-order valence-electron chi connectivity index (χ4n) is 1.66. The van der Waals surface area contributed by atoms with E-state index in [1.54, 1.807) is 12.3 Å². The molecule has 0 aliphatic rings. The van der Waals surface area contributed by atoms with Crippen LogP contribution < -0.4 is 10.5 Å². The van der Waals surface area contributed by atoms with Crippen molar-refractivity contribution in [3.8, 4) is 0 Å². The van der Waals surface area contributed by atoms with Gasteiger partial charge < -0.3 is 10.3 Å². The molecular weight excluding hydrogens is 288 g/mol. The van der Waals surface area contributed by atoms with Crippen molar-refractivity contribution in [1.29, 1.82) is 0 Å². The summed E-state index contributed by atoms with van der Waals surface area (Å²) in [6.45, 7) is 2.17. The molecule has 0 saturated carbocycles. The maximum Gasteiger partial charge on any atom is 0.241 e. The van der Waals surface area contributed by atoms with Crippen molar-refractivity contribution >= 4 is 21.4 Å². The number of thiophene rings is 1. The van der Waals surface area contributed by atoms with Gasteiger partial charge in [0.05, 0.1) is 0 Å². The van der Waals surface area contributed by atoms with E-state index in [1.165, 1.54) is 17.7 Å². The van der Waals surface area contributed by atoms with Crippen molar-refractivity contribution in [1.82, 2.24) is 14.9 Å². The molecule has 0 aliphatic heterocycles. The fraction of sp³-hybridized carbons (Fsp3) is 0.400. The van der Waals surface area contributed by atoms with Crippen molar-refractivity contribution in [3.05, 3.63) is 28.0 Å². The highest BCUT2D eigenvalue weighted by molar-refractivity contribution is 7.89. The molecule has 0 unspecified atom stereocenters. The maximum absolute atomic E-state index is 12.2. The van der Waals surface area contributed by atoms with Crippen LogP contribution in [0.15, 0.2) is 21.2 Å². The van der Waals surface area contributed by atoms with E-state index in [0.717, 1.165) is 0 Å². The van der Waals surface area contributed by atoms with Crippen LogP contribution in [0.2, 0.25) is 0 Å². The summed E-state index contributed by atoms with van der Waals surface area (Å²) in [6.07, 6.45) is 1.58. The van der Waals surface area contributed by atoms with Crippen LogP contribution >= 0.6 is 11.3 Å². The summed E-state index contributed by atoms with van der Waals surface area (Å²) in [7, 11) is -3.55. The van der Waals surface area contributed by atoms with E-state index in [-0.39, 0.29) is 18.0 Å². The van der Waals surface area contributed by atoms with Gasteiger partial charge in [-0.3, -0.25) is 0 Å². The lowest BCUT2D eigenvalue weighted by molar-refractivity contribution is 0.410. The average molecular weight is 302 g/mol. The minimum Gasteiger partial charge on any atom is -0.343 e. The monoisotopic (exact) mass is 302 g/mol. The zero-order valence-electron chi connectivity index (χ0n) is 10.3. The first-order valence-electron chi connectivity index (χ1n) is 5.56. The largest absolute Gasteiger partial charge is 0.343 e. The number of rotatable bonds is 6. The number of nitrogens with zero attached hydrogens (tertiary/aromatic N) is 2. The Bertz CT molecular complexity index is 634. The summed E-state index contributed by atoms with van der Waals surface area (Å²) in [5.41, 5.74) is 6.26. The smallest absolute Gasteiger partial charge is 0.241 e. The Kier molecular flexibility index (Phi) is 4.30. The van der Waals surface area contributed by atoms with Gasteiger partial charge in [-0.1, -0.05) is 5.16 Å². The zero-order valence-corrected chi connectivity index (χ0v) is 11.9. The second-order valence-electron chi connectivity index (χ2n) is 3.87. The van der Waals surface area contributed by atoms with Crippen LogP contribution in [0, 0.1) is 6.92 Å². The third kappa shape index (κ3) is 3.18. The van der Waals surface area contributed by atoms with Gasteiger partial charge >= 0.3 is 0 Å². The molecular formula is C10H14N4O3S2. The van der Waals surface area contributed by atoms with Crippen LogP contribution in [0.5, 0.6) is 0 Å². The summed E-state index contributed by atoms with van der Waals surface area (Å²) in [6, 6.07) is 0. The summed E-state index contributed by atoms with van der Waals surface area (Å²) in [4.78, 5) is 4.76. The number of hydrogen-bond acceptors (Lipinski definition) is 7. The molecule has 104 valence electrons. The Balaban J connectivity index is 2.07. The molecule has 0 amide bonds. The first-order valence-corrected chi connectivity index (χ1v) is 7.93. The second kappa shape index (κ2) is 5.78. The summed E-state index contributed by atoms with van der Waals surface area (Å²) < 4.78 is 31.5. The molecule has 19 heavy (non-hydrogen) atoms. The highest BCUT2D eigenvalue weighted by atomic mass is 32.2. The molecule has 0 saturated heterocycles. The lowest BCUT2D eigenvalue weighted by atomic mass is 10.3. The van der Waals surface area contributed by atoms with Crippen molar-refractivity contribution in [3.63, 3.8) is 0 Å². The van der Waals surface area contributed by atoms with Crippen LogP contribution in [0.1, 0.15) is 16.3 Å². The number of sulfonamides is 1. The van der Waals surface area contributed by atoms with Gasteiger partial charge in [0.15, 0.2) is 5.82 Å². The summed E-state index contributed by atoms with van der Waals surface area (Å²) in [5.74, 6) is 0.462. The Hall–Kier alpha value is -1.29. The van der Waals surface area contributed by atoms with Gasteiger partial charge in [0.25, 0.3) is 0 Å². The van der Waals surface area contributed by atoms with Gasteiger partial charge in [-0.15, -0.1) is 11.3 Å². The molecule has 0 fully saturated rings. The lowest BCUT2D eigenvalue weighted by Crippen LogP contribution is -2.27. The molecule has 0 spiro atoms. The average Bonchev–Trinajstić information content (AvgIpc) is 2.98. The van der Waals surface area contributed by atoms with Crippen LogP contribution in [0.4, 0.5) is 0 Å². The van der Waals surface area contributed by atoms with Gasteiger partial charge in [-0.2, -0.15) is 4.98 Å². The topological polar surface area (TPSA) is 111 Å². The predicted molar refractivity (Wildman–Crippen MR) is 70.1 cm³/mol. The van der Waals surface area contributed by atoms with E-state index in [0.29, 0.717) is 22.7 Å². The van der Waals surface area contributed by atoms with E-state index in [4.69, 9.17) is 5.73 Å². The molecule has 3 N–H and O–H groups in total. The Labute approximate surface area is 114 Å². The maximum atomic E-state index is 12.2. The van der Waals surface area contributed by atoms with Gasteiger partial charge in [-0.25, -0.2) is 13.1 Å². The van der Waals surface area contributed by atoms with Crippen LogP contribution in [0.25, 0.3) is 0 Å². The van der Waals surface area contributed by atoms with Crippen molar-refractivity contribution in [2.24, 2.45) is 5.73 Å². The molecule has 7 nitrogen and oxygen atoms in total. The van der Waals surface area contributed by atoms with Gasteiger partial charge in [0, 0.05) is 24.4 Å². The van der Waals surface area contributed by atoms with Crippen LogP contribution in [-0.4, -0.2) is 25.1 Å². The normalized spacial score (nSPS) is 11.9. The van der Waals surface area contributed by atoms with Crippen molar-refractivity contribution in [2.45, 2.75) is 24.8 Å². The number of aryl methyl sites for hydroxylation is 1. The molecule has 0 bridgehead atoms. The lowest BCUT2D eigenvalue weighted by Gasteiger charge is -2.07. The fourth-order valence-corrected chi connectivity index (χ4v) is 4.39. The molecule has 0 radical (unpaired) electrons. The van der Waals surface area contributed by atoms with E-state index in [9.17, 15) is 8.42 Å². The molecule has 2 aromatic heterocycles. The molecule has 0 aromatic carbocycles. The van der Waals surface area contributed by atoms with Gasteiger partial charge in [0.1, 0.15) is 4.90 Å². The third-order valence-corrected chi connectivity index (χ3v) is 5.44. The van der Waals surface area contributed by atoms with Crippen molar-refractivity contribution < 1.29 is 12.9 Å². The highest BCUT2D eigenvalue weighted by Crippen LogP contribution is 2.26. The zero-order chi connectivity index (χ0) is 13.9. The SMILES string of the molecule is Cc1csc(CN)c1S(=O)(=O)NCCc1ncon1. The molecule has 9 heteroatoms. The van der Waals surface area contributed by atoms with Crippen LogP contribution in [0.3, 0.4) is 0 Å². The van der Waals surface area contributed by atoms with E-state index < -0.39 is 10.0 Å². The van der Waals surface area contributed by atoms with Crippen LogP contribution in [-0.2, 0) is 23.0 Å². The Morgan fingerprint density at radius 3 is 2.95 bits per heavy atom. The standard InChI is InChI=1S/C10H14N4O3S2/c1-7-5-18-8(4-11)10(7)19(15,16)13-3-2-9-12-6-17-14-9/h5-6,13H,2-4,11H2,1H3. The molecule has 0 atom stereocenters. The Morgan fingerprint density at radius 1 is 1.53 bits per heavy atom. The number of nitrogens with one attached hydrogen (secondary N) is 1. The molecule has 2 aromatic rings. The Morgan fingerprint density at radius 2 is 2.32 bits per heavy atom. The number of nitrogens with two attached hydrogens (primary N) is 1. The van der Waals surface area contributed by atoms with Gasteiger partial charge in [0.2, 0.25) is 16.4 Å². The molecule has 2 heterocycles. The number of aromatic nitrogens is 2. The minimum absolute atomic E-state index is 0.208. The highest BCUT2D eigenvalue weighted by Gasteiger charge is 2.21. The molecule has 2 rings (SSSR count). The first kappa shape index (κ1) is 14.1.